The van der Waals surface area contributed by atoms with E-state index in [9.17, 15) is 4.79 Å². The number of nitrogens with one attached hydrogen (secondary N) is 1. The van der Waals surface area contributed by atoms with Crippen LogP contribution in [0.3, 0.4) is 0 Å². The number of benzene rings is 1. The molecule has 4 heteroatoms. The Morgan fingerprint density at radius 2 is 2.22 bits per heavy atom. The molecule has 0 saturated carbocycles. The van der Waals surface area contributed by atoms with Gasteiger partial charge in [0.25, 0.3) is 0 Å². The minimum atomic E-state index is -0.0591. The minimum absolute atomic E-state index is 0.0517. The van der Waals surface area contributed by atoms with Gasteiger partial charge in [-0.15, -0.1) is 0 Å². The van der Waals surface area contributed by atoms with Gasteiger partial charge in [0, 0.05) is 7.05 Å². The van der Waals surface area contributed by atoms with E-state index in [-0.39, 0.29) is 18.1 Å². The monoisotopic (exact) mass is 248 g/mol. The Balaban J connectivity index is 2.20. The molecule has 18 heavy (non-hydrogen) atoms. The molecule has 0 spiro atoms. The summed E-state index contributed by atoms with van der Waals surface area (Å²) in [5, 5.41) is 3.38. The predicted molar refractivity (Wildman–Crippen MR) is 70.3 cm³/mol. The summed E-state index contributed by atoms with van der Waals surface area (Å²) in [4.78, 5) is 13.8. The van der Waals surface area contributed by atoms with Crippen molar-refractivity contribution in [1.29, 1.82) is 0 Å². The molecule has 1 aromatic carbocycles. The molecular formula is C14H20N2O2. The van der Waals surface area contributed by atoms with Crippen molar-refractivity contribution in [3.8, 4) is 5.75 Å². The molecule has 0 bridgehead atoms. The Morgan fingerprint density at radius 1 is 1.44 bits per heavy atom. The van der Waals surface area contributed by atoms with Crippen LogP contribution >= 0.6 is 0 Å². The fourth-order valence-electron chi connectivity index (χ4n) is 2.37. The molecule has 1 aromatic rings. The van der Waals surface area contributed by atoms with Crippen molar-refractivity contribution in [2.75, 3.05) is 14.2 Å². The second-order valence-corrected chi connectivity index (χ2v) is 4.64. The number of rotatable bonds is 4. The van der Waals surface area contributed by atoms with Crippen LogP contribution in [0.1, 0.15) is 31.5 Å². The van der Waals surface area contributed by atoms with Crippen LogP contribution in [0.5, 0.6) is 5.75 Å². The van der Waals surface area contributed by atoms with Gasteiger partial charge in [0.1, 0.15) is 11.9 Å². The zero-order valence-corrected chi connectivity index (χ0v) is 11.1. The standard InChI is InChI=1S/C14H20N2O2/c1-4-6-12-14(17)16(2)13(15-12)10-7-5-8-11(9-10)18-3/h5,7-9,12-13,15H,4,6H2,1-3H3. The maximum absolute atomic E-state index is 12.1. The number of carbonyl (C=O) groups is 1. The van der Waals surface area contributed by atoms with E-state index in [1.54, 1.807) is 12.0 Å². The molecule has 1 aliphatic rings. The van der Waals surface area contributed by atoms with Crippen molar-refractivity contribution in [1.82, 2.24) is 10.2 Å². The van der Waals surface area contributed by atoms with Crippen LogP contribution in [-0.4, -0.2) is 31.0 Å². The topological polar surface area (TPSA) is 41.6 Å². The van der Waals surface area contributed by atoms with Crippen LogP contribution in [0.2, 0.25) is 0 Å². The molecule has 1 aliphatic heterocycles. The largest absolute Gasteiger partial charge is 0.497 e. The van der Waals surface area contributed by atoms with Gasteiger partial charge in [-0.1, -0.05) is 25.5 Å². The highest BCUT2D eigenvalue weighted by atomic mass is 16.5. The summed E-state index contributed by atoms with van der Waals surface area (Å²) < 4.78 is 5.22. The Bertz CT molecular complexity index is 434. The summed E-state index contributed by atoms with van der Waals surface area (Å²) >= 11 is 0. The summed E-state index contributed by atoms with van der Waals surface area (Å²) in [5.74, 6) is 0.985. The van der Waals surface area contributed by atoms with Crippen LogP contribution in [0.25, 0.3) is 0 Å². The van der Waals surface area contributed by atoms with Crippen LogP contribution in [0.15, 0.2) is 24.3 Å². The highest BCUT2D eigenvalue weighted by molar-refractivity contribution is 5.84. The van der Waals surface area contributed by atoms with Gasteiger partial charge in [0.15, 0.2) is 0 Å². The maximum Gasteiger partial charge on any atom is 0.241 e. The van der Waals surface area contributed by atoms with Gasteiger partial charge >= 0.3 is 0 Å². The van der Waals surface area contributed by atoms with Crippen molar-refractivity contribution < 1.29 is 9.53 Å². The molecule has 1 saturated heterocycles. The average molecular weight is 248 g/mol. The number of methoxy groups -OCH3 is 1. The zero-order chi connectivity index (χ0) is 13.1. The second kappa shape index (κ2) is 5.40. The number of hydrogen-bond donors (Lipinski definition) is 1. The highest BCUT2D eigenvalue weighted by Gasteiger charge is 2.36. The molecule has 1 amide bonds. The molecule has 4 nitrogen and oxygen atoms in total. The Labute approximate surface area is 108 Å². The van der Waals surface area contributed by atoms with E-state index in [1.165, 1.54) is 0 Å². The number of carbonyl (C=O) groups excluding carboxylic acids is 1. The highest BCUT2D eigenvalue weighted by Crippen LogP contribution is 2.27. The first-order valence-electron chi connectivity index (χ1n) is 6.34. The number of ether oxygens (including phenoxy) is 1. The third-order valence-corrected chi connectivity index (χ3v) is 3.38. The summed E-state index contributed by atoms with van der Waals surface area (Å²) in [5.41, 5.74) is 1.06. The van der Waals surface area contributed by atoms with Gasteiger partial charge in [-0.25, -0.2) is 0 Å². The number of hydrogen-bond acceptors (Lipinski definition) is 3. The molecule has 0 aromatic heterocycles. The average Bonchev–Trinajstić information content (AvgIpc) is 2.68. The fraction of sp³-hybridized carbons (Fsp3) is 0.500. The predicted octanol–water partition coefficient (Wildman–Crippen LogP) is 1.92. The molecule has 1 heterocycles. The second-order valence-electron chi connectivity index (χ2n) is 4.64. The van der Waals surface area contributed by atoms with Gasteiger partial charge < -0.3 is 9.64 Å². The molecule has 0 radical (unpaired) electrons. The molecule has 1 fully saturated rings. The first kappa shape index (κ1) is 12.9. The molecule has 0 aliphatic carbocycles. The van der Waals surface area contributed by atoms with Crippen molar-refractivity contribution in [3.63, 3.8) is 0 Å². The van der Waals surface area contributed by atoms with E-state index in [1.807, 2.05) is 31.3 Å². The van der Waals surface area contributed by atoms with Gasteiger partial charge in [-0.05, 0) is 24.1 Å². The Morgan fingerprint density at radius 3 is 2.89 bits per heavy atom. The van der Waals surface area contributed by atoms with Crippen LogP contribution in [-0.2, 0) is 4.79 Å². The fourth-order valence-corrected chi connectivity index (χ4v) is 2.37. The number of likely N-dealkylation sites (N-methyl/N-ethyl adjacent to an activating group) is 1. The normalized spacial score (nSPS) is 23.5. The summed E-state index contributed by atoms with van der Waals surface area (Å²) in [6.07, 6.45) is 1.83. The lowest BCUT2D eigenvalue weighted by Crippen LogP contribution is -2.28. The van der Waals surface area contributed by atoms with Gasteiger partial charge in [-0.3, -0.25) is 10.1 Å². The number of amides is 1. The summed E-state index contributed by atoms with van der Waals surface area (Å²) in [6.45, 7) is 2.09. The quantitative estimate of drug-likeness (QED) is 0.885. The van der Waals surface area contributed by atoms with Crippen molar-refractivity contribution >= 4 is 5.91 Å². The van der Waals surface area contributed by atoms with E-state index in [2.05, 4.69) is 12.2 Å². The zero-order valence-electron chi connectivity index (χ0n) is 11.1. The van der Waals surface area contributed by atoms with Crippen LogP contribution in [0, 0.1) is 0 Å². The summed E-state index contributed by atoms with van der Waals surface area (Å²) in [7, 11) is 3.49. The Hall–Kier alpha value is -1.55. The third kappa shape index (κ3) is 2.34. The van der Waals surface area contributed by atoms with E-state index >= 15 is 0 Å². The lowest BCUT2D eigenvalue weighted by Gasteiger charge is -2.20. The van der Waals surface area contributed by atoms with Crippen LogP contribution in [0.4, 0.5) is 0 Å². The van der Waals surface area contributed by atoms with Crippen molar-refractivity contribution in [2.45, 2.75) is 32.0 Å². The molecule has 98 valence electrons. The van der Waals surface area contributed by atoms with E-state index < -0.39 is 0 Å². The lowest BCUT2D eigenvalue weighted by atomic mass is 10.1. The third-order valence-electron chi connectivity index (χ3n) is 3.38. The lowest BCUT2D eigenvalue weighted by molar-refractivity contribution is -0.128. The smallest absolute Gasteiger partial charge is 0.241 e. The van der Waals surface area contributed by atoms with E-state index in [4.69, 9.17) is 4.74 Å². The van der Waals surface area contributed by atoms with Gasteiger partial charge in [-0.2, -0.15) is 0 Å². The minimum Gasteiger partial charge on any atom is -0.497 e. The van der Waals surface area contributed by atoms with Crippen molar-refractivity contribution in [2.24, 2.45) is 0 Å². The Kier molecular flexibility index (Phi) is 3.87. The number of nitrogens with zero attached hydrogens (tertiary/aromatic N) is 1. The van der Waals surface area contributed by atoms with Gasteiger partial charge in [0.2, 0.25) is 5.91 Å². The molecule has 2 rings (SSSR count). The van der Waals surface area contributed by atoms with Gasteiger partial charge in [0.05, 0.1) is 13.2 Å². The SMILES string of the molecule is CCCC1NC(c2cccc(OC)c2)N(C)C1=O. The molecule has 2 atom stereocenters. The summed E-state index contributed by atoms with van der Waals surface area (Å²) in [6, 6.07) is 7.77. The van der Waals surface area contributed by atoms with Crippen LogP contribution < -0.4 is 10.1 Å². The van der Waals surface area contributed by atoms with E-state index in [0.29, 0.717) is 0 Å². The molecular weight excluding hydrogens is 228 g/mol. The van der Waals surface area contributed by atoms with E-state index in [0.717, 1.165) is 24.2 Å². The maximum atomic E-state index is 12.1. The first-order valence-corrected chi connectivity index (χ1v) is 6.34. The molecule has 1 N–H and O–H groups in total. The van der Waals surface area contributed by atoms with Crippen molar-refractivity contribution in [3.05, 3.63) is 29.8 Å². The first-order chi connectivity index (χ1) is 8.67. The molecule has 2 unspecified atom stereocenters.